The first-order chi connectivity index (χ1) is 11.2. The Hall–Kier alpha value is -2.14. The van der Waals surface area contributed by atoms with Gasteiger partial charge in [-0.2, -0.15) is 0 Å². The number of ether oxygens (including phenoxy) is 1. The number of anilines is 1. The largest absolute Gasteiger partial charge is 0.377 e. The van der Waals surface area contributed by atoms with E-state index in [-0.39, 0.29) is 17.9 Å². The third-order valence-corrected chi connectivity index (χ3v) is 4.41. The summed E-state index contributed by atoms with van der Waals surface area (Å²) in [7, 11) is 1.89. The molecule has 1 fully saturated rings. The third-order valence-electron chi connectivity index (χ3n) is 4.41. The summed E-state index contributed by atoms with van der Waals surface area (Å²) in [6.45, 7) is 2.82. The molecule has 1 aliphatic heterocycles. The summed E-state index contributed by atoms with van der Waals surface area (Å²) in [5, 5.41) is 3.07. The zero-order chi connectivity index (χ0) is 16.2. The predicted octanol–water partition coefficient (Wildman–Crippen LogP) is 3.23. The number of rotatable bonds is 4. The number of amides is 1. The Morgan fingerprint density at radius 1 is 1.39 bits per heavy atom. The Labute approximate surface area is 136 Å². The van der Waals surface area contributed by atoms with Gasteiger partial charge in [-0.05, 0) is 19.3 Å². The lowest BCUT2D eigenvalue weighted by molar-refractivity contribution is -0.129. The number of hydrogen-bond acceptors (Lipinski definition) is 3. The zero-order valence-corrected chi connectivity index (χ0v) is 13.7. The molecule has 0 unspecified atom stereocenters. The van der Waals surface area contributed by atoms with Gasteiger partial charge in [-0.25, -0.2) is 4.98 Å². The number of carbonyl (C=O) groups excluding carboxylic acids is 1. The Kier molecular flexibility index (Phi) is 4.76. The molecule has 0 saturated carbocycles. The van der Waals surface area contributed by atoms with Crippen molar-refractivity contribution in [3.63, 3.8) is 0 Å². The molecule has 2 aromatic rings. The number of imidazole rings is 1. The van der Waals surface area contributed by atoms with E-state index in [9.17, 15) is 4.79 Å². The molecule has 2 heterocycles. The zero-order valence-electron chi connectivity index (χ0n) is 13.7. The lowest BCUT2D eigenvalue weighted by Crippen LogP contribution is -2.38. The second-order valence-corrected chi connectivity index (χ2v) is 5.97. The number of nitrogens with zero attached hydrogens (tertiary/aromatic N) is 2. The summed E-state index contributed by atoms with van der Waals surface area (Å²) in [5.41, 5.74) is 1.79. The van der Waals surface area contributed by atoms with Crippen LogP contribution in [0.15, 0.2) is 36.7 Å². The lowest BCUT2D eigenvalue weighted by atomic mass is 9.92. The standard InChI is InChI=1S/C18H23N3O2/c1-3-15-14(10-7-11-23-15)18(22)20-17-16(19-12-21(17)2)13-8-5-4-6-9-13/h4-6,8-9,12,14-15H,3,7,10-11H2,1-2H3,(H,20,22)/t14-,15-/m0/s1. The topological polar surface area (TPSA) is 56.1 Å². The first kappa shape index (κ1) is 15.7. The first-order valence-electron chi connectivity index (χ1n) is 8.20. The molecule has 1 aliphatic rings. The maximum Gasteiger partial charge on any atom is 0.231 e. The van der Waals surface area contributed by atoms with E-state index in [0.29, 0.717) is 0 Å². The molecular formula is C18H23N3O2. The maximum atomic E-state index is 12.7. The van der Waals surface area contributed by atoms with Gasteiger partial charge < -0.3 is 14.6 Å². The number of aromatic nitrogens is 2. The van der Waals surface area contributed by atoms with Crippen LogP contribution >= 0.6 is 0 Å². The molecule has 0 radical (unpaired) electrons. The van der Waals surface area contributed by atoms with Crippen molar-refractivity contribution in [2.75, 3.05) is 11.9 Å². The highest BCUT2D eigenvalue weighted by atomic mass is 16.5. The summed E-state index contributed by atoms with van der Waals surface area (Å²) >= 11 is 0. The number of nitrogens with one attached hydrogen (secondary N) is 1. The van der Waals surface area contributed by atoms with Gasteiger partial charge in [-0.3, -0.25) is 4.79 Å². The van der Waals surface area contributed by atoms with Crippen molar-refractivity contribution < 1.29 is 9.53 Å². The molecule has 122 valence electrons. The van der Waals surface area contributed by atoms with E-state index in [2.05, 4.69) is 17.2 Å². The molecule has 0 aliphatic carbocycles. The first-order valence-corrected chi connectivity index (χ1v) is 8.20. The molecule has 2 atom stereocenters. The van der Waals surface area contributed by atoms with Gasteiger partial charge in [0.25, 0.3) is 0 Å². The van der Waals surface area contributed by atoms with Crippen LogP contribution in [0.1, 0.15) is 26.2 Å². The molecule has 5 heteroatoms. The second kappa shape index (κ2) is 6.96. The van der Waals surface area contributed by atoms with E-state index < -0.39 is 0 Å². The van der Waals surface area contributed by atoms with Gasteiger partial charge in [0.1, 0.15) is 11.5 Å². The van der Waals surface area contributed by atoms with E-state index in [1.807, 2.05) is 41.9 Å². The summed E-state index contributed by atoms with van der Waals surface area (Å²) < 4.78 is 7.59. The van der Waals surface area contributed by atoms with Crippen molar-refractivity contribution in [2.45, 2.75) is 32.3 Å². The van der Waals surface area contributed by atoms with Crippen LogP contribution < -0.4 is 5.32 Å². The Bertz CT molecular complexity index is 666. The number of carbonyl (C=O) groups is 1. The molecule has 0 bridgehead atoms. The predicted molar refractivity (Wildman–Crippen MR) is 90.0 cm³/mol. The summed E-state index contributed by atoms with van der Waals surface area (Å²) in [5.74, 6) is 0.672. The molecule has 3 rings (SSSR count). The van der Waals surface area contributed by atoms with Crippen LogP contribution in [0.3, 0.4) is 0 Å². The fourth-order valence-corrected chi connectivity index (χ4v) is 3.14. The number of aryl methyl sites for hydroxylation is 1. The van der Waals surface area contributed by atoms with Crippen molar-refractivity contribution in [1.82, 2.24) is 9.55 Å². The molecule has 5 nitrogen and oxygen atoms in total. The van der Waals surface area contributed by atoms with E-state index in [1.165, 1.54) is 0 Å². The quantitative estimate of drug-likeness (QED) is 0.943. The fraction of sp³-hybridized carbons (Fsp3) is 0.444. The van der Waals surface area contributed by atoms with Gasteiger partial charge in [0, 0.05) is 19.2 Å². The van der Waals surface area contributed by atoms with Crippen molar-refractivity contribution in [2.24, 2.45) is 13.0 Å². The minimum absolute atomic E-state index is 0.0113. The lowest BCUT2D eigenvalue weighted by Gasteiger charge is -2.30. The van der Waals surface area contributed by atoms with Crippen LogP contribution in [0.5, 0.6) is 0 Å². The Morgan fingerprint density at radius 3 is 2.91 bits per heavy atom. The molecule has 23 heavy (non-hydrogen) atoms. The Balaban J connectivity index is 1.83. The van der Waals surface area contributed by atoms with Crippen molar-refractivity contribution in [1.29, 1.82) is 0 Å². The van der Waals surface area contributed by atoms with Crippen LogP contribution in [-0.2, 0) is 16.6 Å². The molecule has 1 aromatic heterocycles. The molecule has 1 N–H and O–H groups in total. The molecule has 0 spiro atoms. The second-order valence-electron chi connectivity index (χ2n) is 5.97. The SMILES string of the molecule is CC[C@@H]1OCCC[C@@H]1C(=O)Nc1c(-c2ccccc2)ncn1C. The summed E-state index contributed by atoms with van der Waals surface area (Å²) in [6.07, 6.45) is 4.41. The van der Waals surface area contributed by atoms with Gasteiger partial charge in [-0.15, -0.1) is 0 Å². The van der Waals surface area contributed by atoms with Crippen molar-refractivity contribution >= 4 is 11.7 Å². The molecular weight excluding hydrogens is 290 g/mol. The van der Waals surface area contributed by atoms with Crippen molar-refractivity contribution in [3.05, 3.63) is 36.7 Å². The van der Waals surface area contributed by atoms with E-state index in [4.69, 9.17) is 4.74 Å². The van der Waals surface area contributed by atoms with E-state index in [1.54, 1.807) is 6.33 Å². The molecule has 1 saturated heterocycles. The monoisotopic (exact) mass is 313 g/mol. The van der Waals surface area contributed by atoms with Crippen molar-refractivity contribution in [3.8, 4) is 11.3 Å². The number of hydrogen-bond donors (Lipinski definition) is 1. The minimum atomic E-state index is -0.0905. The minimum Gasteiger partial charge on any atom is -0.377 e. The number of benzene rings is 1. The van der Waals surface area contributed by atoms with Crippen LogP contribution in [0.4, 0.5) is 5.82 Å². The van der Waals surface area contributed by atoms with Crippen LogP contribution in [-0.4, -0.2) is 28.2 Å². The molecule has 1 aromatic carbocycles. The normalized spacial score (nSPS) is 21.1. The highest BCUT2D eigenvalue weighted by Crippen LogP contribution is 2.29. The van der Waals surface area contributed by atoms with Gasteiger partial charge in [-0.1, -0.05) is 37.3 Å². The van der Waals surface area contributed by atoms with Crippen LogP contribution in [0.25, 0.3) is 11.3 Å². The van der Waals surface area contributed by atoms with Crippen LogP contribution in [0.2, 0.25) is 0 Å². The highest BCUT2D eigenvalue weighted by molar-refractivity contribution is 5.95. The average molecular weight is 313 g/mol. The van der Waals surface area contributed by atoms with Gasteiger partial charge in [0.2, 0.25) is 5.91 Å². The van der Waals surface area contributed by atoms with E-state index in [0.717, 1.165) is 42.9 Å². The van der Waals surface area contributed by atoms with Gasteiger partial charge in [0.15, 0.2) is 0 Å². The van der Waals surface area contributed by atoms with Gasteiger partial charge >= 0.3 is 0 Å². The maximum absolute atomic E-state index is 12.7. The molecule has 1 amide bonds. The average Bonchev–Trinajstić information content (AvgIpc) is 2.96. The highest BCUT2D eigenvalue weighted by Gasteiger charge is 2.31. The van der Waals surface area contributed by atoms with Gasteiger partial charge in [0.05, 0.1) is 18.3 Å². The van der Waals surface area contributed by atoms with E-state index >= 15 is 0 Å². The fourth-order valence-electron chi connectivity index (χ4n) is 3.14. The van der Waals surface area contributed by atoms with Crippen LogP contribution in [0, 0.1) is 5.92 Å². The summed E-state index contributed by atoms with van der Waals surface area (Å²) in [6, 6.07) is 9.90. The smallest absolute Gasteiger partial charge is 0.231 e. The Morgan fingerprint density at radius 2 is 2.17 bits per heavy atom. The summed E-state index contributed by atoms with van der Waals surface area (Å²) in [4.78, 5) is 17.2. The third kappa shape index (κ3) is 3.29.